The van der Waals surface area contributed by atoms with Gasteiger partial charge in [-0.1, -0.05) is 30.3 Å². The summed E-state index contributed by atoms with van der Waals surface area (Å²) in [6, 6.07) is 13.8. The Balaban J connectivity index is 1.66. The molecule has 2 aromatic carbocycles. The summed E-state index contributed by atoms with van der Waals surface area (Å²) >= 11 is 0. The first kappa shape index (κ1) is 20.3. The molecule has 0 saturated carbocycles. The monoisotopic (exact) mass is 417 g/mol. The van der Waals surface area contributed by atoms with Gasteiger partial charge in [0.25, 0.3) is 5.89 Å². The zero-order valence-electron chi connectivity index (χ0n) is 16.8. The molecule has 0 bridgehead atoms. The predicted molar refractivity (Wildman–Crippen MR) is 115 cm³/mol. The van der Waals surface area contributed by atoms with Gasteiger partial charge in [-0.25, -0.2) is 9.97 Å². The molecule has 156 valence electrons. The van der Waals surface area contributed by atoms with Crippen molar-refractivity contribution in [3.05, 3.63) is 65.2 Å². The van der Waals surface area contributed by atoms with E-state index in [1.165, 1.54) is 0 Å². The number of nitroso groups, excluding NO2 is 1. The molecular formula is C21H19N7O3. The highest BCUT2D eigenvalue weighted by atomic mass is 16.4. The highest BCUT2D eigenvalue weighted by Gasteiger charge is 2.17. The van der Waals surface area contributed by atoms with Gasteiger partial charge in [-0.15, -0.1) is 15.1 Å². The zero-order chi connectivity index (χ0) is 22.0. The minimum atomic E-state index is -0.702. The number of aromatic nitrogens is 4. The summed E-state index contributed by atoms with van der Waals surface area (Å²) in [5.74, 6) is 0.446. The topological polar surface area (TPSA) is 144 Å². The van der Waals surface area contributed by atoms with Crippen LogP contribution in [0, 0.1) is 4.91 Å². The second-order valence-electron chi connectivity index (χ2n) is 7.00. The lowest BCUT2D eigenvalue weighted by Crippen LogP contribution is -2.18. The second kappa shape index (κ2) is 8.38. The lowest BCUT2D eigenvalue weighted by atomic mass is 10.1. The number of aliphatic hydroxyl groups is 1. The smallest absolute Gasteiger partial charge is 0.270 e. The molecule has 4 aromatic rings. The van der Waals surface area contributed by atoms with Gasteiger partial charge in [-0.3, -0.25) is 4.90 Å². The molecule has 4 rings (SSSR count). The molecule has 10 nitrogen and oxygen atoms in total. The standard InChI is InChI=1S/C21H19N7O3/c1-28(2)21(29)13-8-6-12(7-9-13)16-11-23-18(22)17(24-16)20-26-25-19(31-20)14-4-3-5-15(10-14)27-30/h3-11,21,29H,1-2H3,(H2,22,23). The van der Waals surface area contributed by atoms with Crippen LogP contribution in [-0.2, 0) is 0 Å². The maximum Gasteiger partial charge on any atom is 0.270 e. The van der Waals surface area contributed by atoms with E-state index in [-0.39, 0.29) is 29.0 Å². The van der Waals surface area contributed by atoms with Gasteiger partial charge in [-0.05, 0) is 43.0 Å². The summed E-state index contributed by atoms with van der Waals surface area (Å²) in [7, 11) is 3.58. The van der Waals surface area contributed by atoms with E-state index in [0.29, 0.717) is 11.3 Å². The van der Waals surface area contributed by atoms with E-state index in [4.69, 9.17) is 10.2 Å². The van der Waals surface area contributed by atoms with Gasteiger partial charge >= 0.3 is 0 Å². The summed E-state index contributed by atoms with van der Waals surface area (Å²) in [5, 5.41) is 21.1. The van der Waals surface area contributed by atoms with Gasteiger partial charge in [0.15, 0.2) is 11.5 Å². The maximum absolute atomic E-state index is 10.8. The molecular weight excluding hydrogens is 398 g/mol. The number of aliphatic hydroxyl groups excluding tert-OH is 1. The van der Waals surface area contributed by atoms with Crippen molar-refractivity contribution in [2.24, 2.45) is 5.18 Å². The van der Waals surface area contributed by atoms with Crippen molar-refractivity contribution in [2.45, 2.75) is 6.23 Å². The second-order valence-corrected chi connectivity index (χ2v) is 7.00. The number of hydrogen-bond acceptors (Lipinski definition) is 10. The van der Waals surface area contributed by atoms with Crippen molar-refractivity contribution in [1.29, 1.82) is 0 Å². The van der Waals surface area contributed by atoms with Crippen LogP contribution in [0.4, 0.5) is 11.5 Å². The largest absolute Gasteiger partial charge is 0.414 e. The summed E-state index contributed by atoms with van der Waals surface area (Å²) in [5.41, 5.74) is 9.14. The number of nitrogen functional groups attached to an aromatic ring is 1. The van der Waals surface area contributed by atoms with Crippen LogP contribution in [0.25, 0.3) is 34.3 Å². The molecule has 0 saturated heterocycles. The van der Waals surface area contributed by atoms with Gasteiger partial charge in [0.05, 0.1) is 11.9 Å². The van der Waals surface area contributed by atoms with Gasteiger partial charge < -0.3 is 15.3 Å². The fourth-order valence-electron chi connectivity index (χ4n) is 2.95. The van der Waals surface area contributed by atoms with Crippen LogP contribution in [0.5, 0.6) is 0 Å². The van der Waals surface area contributed by atoms with Crippen LogP contribution >= 0.6 is 0 Å². The molecule has 3 N–H and O–H groups in total. The summed E-state index contributed by atoms with van der Waals surface area (Å²) in [6.45, 7) is 0. The molecule has 0 aliphatic heterocycles. The van der Waals surface area contributed by atoms with E-state index in [0.717, 1.165) is 11.1 Å². The van der Waals surface area contributed by atoms with Crippen LogP contribution < -0.4 is 5.73 Å². The highest BCUT2D eigenvalue weighted by Crippen LogP contribution is 2.29. The van der Waals surface area contributed by atoms with E-state index in [1.807, 2.05) is 24.3 Å². The first-order valence-electron chi connectivity index (χ1n) is 9.31. The molecule has 31 heavy (non-hydrogen) atoms. The lowest BCUT2D eigenvalue weighted by molar-refractivity contribution is 0.0395. The molecule has 10 heteroatoms. The van der Waals surface area contributed by atoms with E-state index in [1.54, 1.807) is 49.5 Å². The van der Waals surface area contributed by atoms with Crippen LogP contribution in [0.1, 0.15) is 11.8 Å². The number of hydrogen-bond donors (Lipinski definition) is 2. The van der Waals surface area contributed by atoms with Gasteiger partial charge in [0, 0.05) is 11.1 Å². The molecule has 0 spiro atoms. The minimum Gasteiger partial charge on any atom is -0.414 e. The Hall–Kier alpha value is -4.02. The lowest BCUT2D eigenvalue weighted by Gasteiger charge is -2.18. The summed E-state index contributed by atoms with van der Waals surface area (Å²) < 4.78 is 5.72. The number of anilines is 1. The molecule has 1 unspecified atom stereocenters. The number of nitrogens with two attached hydrogens (primary N) is 1. The Morgan fingerprint density at radius 1 is 1.06 bits per heavy atom. The Bertz CT molecular complexity index is 1220. The third-order valence-corrected chi connectivity index (χ3v) is 4.62. The average molecular weight is 417 g/mol. The third kappa shape index (κ3) is 4.15. The van der Waals surface area contributed by atoms with E-state index >= 15 is 0 Å². The first-order valence-corrected chi connectivity index (χ1v) is 9.31. The SMILES string of the molecule is CN(C)C(O)c1ccc(-c2cnc(N)c(-c3nnc(-c4cccc(N=O)c4)o3)n2)cc1. The predicted octanol–water partition coefficient (Wildman–Crippen LogP) is 3.39. The number of nitrogens with zero attached hydrogens (tertiary/aromatic N) is 6. The highest BCUT2D eigenvalue weighted by molar-refractivity contribution is 5.69. The van der Waals surface area contributed by atoms with Gasteiger partial charge in [0.1, 0.15) is 11.9 Å². The van der Waals surface area contributed by atoms with Crippen molar-refractivity contribution in [1.82, 2.24) is 25.1 Å². The fourth-order valence-corrected chi connectivity index (χ4v) is 2.95. The van der Waals surface area contributed by atoms with Gasteiger partial charge in [-0.2, -0.15) is 0 Å². The van der Waals surface area contributed by atoms with Crippen LogP contribution in [0.3, 0.4) is 0 Å². The Kier molecular flexibility index (Phi) is 5.48. The first-order chi connectivity index (χ1) is 15.0. The molecule has 1 atom stereocenters. The minimum absolute atomic E-state index is 0.103. The average Bonchev–Trinajstić information content (AvgIpc) is 3.29. The third-order valence-electron chi connectivity index (χ3n) is 4.62. The molecule has 0 amide bonds. The molecule has 0 aliphatic carbocycles. The van der Waals surface area contributed by atoms with Crippen LogP contribution in [0.15, 0.2) is 64.3 Å². The molecule has 0 aliphatic rings. The molecule has 0 fully saturated rings. The van der Waals surface area contributed by atoms with E-state index in [2.05, 4.69) is 25.3 Å². The summed E-state index contributed by atoms with van der Waals surface area (Å²) in [6.07, 6.45) is 0.846. The maximum atomic E-state index is 10.8. The van der Waals surface area contributed by atoms with Crippen LogP contribution in [0.2, 0.25) is 0 Å². The molecule has 2 heterocycles. The number of benzene rings is 2. The Morgan fingerprint density at radius 2 is 1.81 bits per heavy atom. The van der Waals surface area contributed by atoms with E-state index < -0.39 is 6.23 Å². The summed E-state index contributed by atoms with van der Waals surface area (Å²) in [4.78, 5) is 21.2. The van der Waals surface area contributed by atoms with Crippen molar-refractivity contribution < 1.29 is 9.52 Å². The van der Waals surface area contributed by atoms with Crippen LogP contribution in [-0.4, -0.2) is 44.3 Å². The zero-order valence-corrected chi connectivity index (χ0v) is 16.8. The van der Waals surface area contributed by atoms with Gasteiger partial charge in [0.2, 0.25) is 5.89 Å². The van der Waals surface area contributed by atoms with Crippen molar-refractivity contribution in [3.63, 3.8) is 0 Å². The normalized spacial score (nSPS) is 12.1. The Labute approximate surface area is 177 Å². The quantitative estimate of drug-likeness (QED) is 0.356. The van der Waals surface area contributed by atoms with E-state index in [9.17, 15) is 10.0 Å². The molecule has 2 aromatic heterocycles. The fraction of sp³-hybridized carbons (Fsp3) is 0.143. The Morgan fingerprint density at radius 3 is 2.52 bits per heavy atom. The van der Waals surface area contributed by atoms with Crippen molar-refractivity contribution in [2.75, 3.05) is 19.8 Å². The van der Waals surface area contributed by atoms with Crippen molar-refractivity contribution in [3.8, 4) is 34.3 Å². The van der Waals surface area contributed by atoms with Crippen molar-refractivity contribution >= 4 is 11.5 Å². The molecule has 0 radical (unpaired) electrons. The number of rotatable bonds is 6.